The zero-order valence-corrected chi connectivity index (χ0v) is 14.8. The average Bonchev–Trinajstić information content (AvgIpc) is 3.01. The highest BCUT2D eigenvalue weighted by Gasteiger charge is 2.33. The van der Waals surface area contributed by atoms with Crippen LogP contribution < -0.4 is 10.6 Å². The molecule has 0 radical (unpaired) electrons. The number of hydrogen-bond donors (Lipinski definition) is 2. The Morgan fingerprint density at radius 1 is 1.23 bits per heavy atom. The van der Waals surface area contributed by atoms with Crippen molar-refractivity contribution >= 4 is 17.5 Å². The molecular weight excluding hydrogens is 330 g/mol. The topological polar surface area (TPSA) is 87.2 Å². The van der Waals surface area contributed by atoms with E-state index < -0.39 is 0 Å². The van der Waals surface area contributed by atoms with Crippen molar-refractivity contribution in [2.45, 2.75) is 19.9 Å². The van der Waals surface area contributed by atoms with Crippen molar-refractivity contribution in [1.29, 1.82) is 0 Å². The quantitative estimate of drug-likeness (QED) is 0.734. The third kappa shape index (κ3) is 4.56. The first-order valence-corrected chi connectivity index (χ1v) is 8.72. The van der Waals surface area contributed by atoms with E-state index >= 15 is 0 Å². The third-order valence-electron chi connectivity index (χ3n) is 4.44. The molecule has 0 aromatic carbocycles. The Labute approximate surface area is 152 Å². The normalized spacial score (nSPS) is 16.6. The van der Waals surface area contributed by atoms with E-state index in [0.717, 1.165) is 16.8 Å². The van der Waals surface area contributed by atoms with Gasteiger partial charge in [0.05, 0.1) is 5.92 Å². The van der Waals surface area contributed by atoms with Crippen molar-refractivity contribution < 1.29 is 9.59 Å². The molecule has 1 aliphatic heterocycles. The van der Waals surface area contributed by atoms with Gasteiger partial charge in [-0.2, -0.15) is 0 Å². The van der Waals surface area contributed by atoms with E-state index in [1.165, 1.54) is 0 Å². The minimum absolute atomic E-state index is 0.0135. The molecule has 7 heteroatoms. The number of carbonyl (C=O) groups excluding carboxylic acids is 2. The molecule has 0 aliphatic carbocycles. The lowest BCUT2D eigenvalue weighted by Crippen LogP contribution is -2.35. The molecule has 2 aromatic rings. The first kappa shape index (κ1) is 17.8. The number of nitrogens with one attached hydrogen (secondary N) is 2. The molecule has 1 aliphatic rings. The summed E-state index contributed by atoms with van der Waals surface area (Å²) in [5.74, 6) is -0.346. The molecule has 0 bridgehead atoms. The summed E-state index contributed by atoms with van der Waals surface area (Å²) in [5.41, 5.74) is 3.04. The first-order chi connectivity index (χ1) is 12.6. The SMILES string of the molecule is Cc1cnccc1NCCNC(=O)[C@@H]1CC(=O)N(Cc2cccnc2)C1. The van der Waals surface area contributed by atoms with Crippen LogP contribution in [0.25, 0.3) is 0 Å². The van der Waals surface area contributed by atoms with Crippen LogP contribution >= 0.6 is 0 Å². The summed E-state index contributed by atoms with van der Waals surface area (Å²) in [4.78, 5) is 34.3. The van der Waals surface area contributed by atoms with Crippen LogP contribution in [0.5, 0.6) is 0 Å². The molecule has 2 amide bonds. The summed E-state index contributed by atoms with van der Waals surface area (Å²) < 4.78 is 0. The minimum atomic E-state index is -0.290. The van der Waals surface area contributed by atoms with Gasteiger partial charge in [0.15, 0.2) is 0 Å². The lowest BCUT2D eigenvalue weighted by Gasteiger charge is -2.16. The highest BCUT2D eigenvalue weighted by Crippen LogP contribution is 2.20. The molecule has 136 valence electrons. The van der Waals surface area contributed by atoms with Gasteiger partial charge in [0.2, 0.25) is 11.8 Å². The number of anilines is 1. The lowest BCUT2D eigenvalue weighted by molar-refractivity contribution is -0.129. The maximum atomic E-state index is 12.3. The Hall–Kier alpha value is -2.96. The highest BCUT2D eigenvalue weighted by atomic mass is 16.2. The van der Waals surface area contributed by atoms with Crippen LogP contribution in [-0.4, -0.2) is 46.3 Å². The molecule has 7 nitrogen and oxygen atoms in total. The Kier molecular flexibility index (Phi) is 5.78. The lowest BCUT2D eigenvalue weighted by atomic mass is 10.1. The van der Waals surface area contributed by atoms with E-state index in [-0.39, 0.29) is 24.2 Å². The Morgan fingerprint density at radius 2 is 2.08 bits per heavy atom. The van der Waals surface area contributed by atoms with Crippen molar-refractivity contribution in [3.05, 3.63) is 54.1 Å². The van der Waals surface area contributed by atoms with Crippen LogP contribution in [0.2, 0.25) is 0 Å². The summed E-state index contributed by atoms with van der Waals surface area (Å²) in [6, 6.07) is 5.68. The summed E-state index contributed by atoms with van der Waals surface area (Å²) in [6.45, 7) is 4.06. The molecular formula is C19H23N5O2. The van der Waals surface area contributed by atoms with Crippen LogP contribution in [0.1, 0.15) is 17.5 Å². The van der Waals surface area contributed by atoms with E-state index in [0.29, 0.717) is 26.2 Å². The third-order valence-corrected chi connectivity index (χ3v) is 4.44. The van der Waals surface area contributed by atoms with Gasteiger partial charge in [-0.05, 0) is 30.2 Å². The molecule has 3 rings (SSSR count). The Balaban J connectivity index is 1.42. The summed E-state index contributed by atoms with van der Waals surface area (Å²) in [7, 11) is 0. The van der Waals surface area contributed by atoms with Gasteiger partial charge in [-0.3, -0.25) is 19.6 Å². The van der Waals surface area contributed by atoms with Crippen LogP contribution in [0, 0.1) is 12.8 Å². The number of amides is 2. The smallest absolute Gasteiger partial charge is 0.225 e. The van der Waals surface area contributed by atoms with Gasteiger partial charge in [-0.25, -0.2) is 0 Å². The molecule has 2 N–H and O–H groups in total. The Bertz CT molecular complexity index is 766. The van der Waals surface area contributed by atoms with Crippen molar-refractivity contribution in [1.82, 2.24) is 20.2 Å². The fourth-order valence-corrected chi connectivity index (χ4v) is 3.01. The van der Waals surface area contributed by atoms with E-state index in [9.17, 15) is 9.59 Å². The maximum Gasteiger partial charge on any atom is 0.225 e. The number of rotatable bonds is 7. The van der Waals surface area contributed by atoms with E-state index in [4.69, 9.17) is 0 Å². The van der Waals surface area contributed by atoms with E-state index in [2.05, 4.69) is 20.6 Å². The molecule has 3 heterocycles. The van der Waals surface area contributed by atoms with E-state index in [1.807, 2.05) is 25.1 Å². The standard InChI is InChI=1S/C19H23N5O2/c1-14-10-21-6-4-17(14)22-7-8-23-19(26)16-9-18(25)24(13-16)12-15-3-2-5-20-11-15/h2-6,10-11,16H,7-9,12-13H2,1H3,(H,21,22)(H,23,26)/t16-/m1/s1. The molecule has 26 heavy (non-hydrogen) atoms. The van der Waals surface area contributed by atoms with Crippen LogP contribution in [0.3, 0.4) is 0 Å². The fraction of sp³-hybridized carbons (Fsp3) is 0.368. The van der Waals surface area contributed by atoms with Crippen molar-refractivity contribution in [3.8, 4) is 0 Å². The largest absolute Gasteiger partial charge is 0.383 e. The van der Waals surface area contributed by atoms with Gasteiger partial charge in [0.25, 0.3) is 0 Å². The predicted molar refractivity (Wildman–Crippen MR) is 98.2 cm³/mol. The average molecular weight is 353 g/mol. The number of nitrogens with zero attached hydrogens (tertiary/aromatic N) is 3. The summed E-state index contributed by atoms with van der Waals surface area (Å²) in [6.07, 6.45) is 7.24. The monoisotopic (exact) mass is 353 g/mol. The number of likely N-dealkylation sites (tertiary alicyclic amines) is 1. The minimum Gasteiger partial charge on any atom is -0.383 e. The molecule has 2 aromatic heterocycles. The van der Waals surface area contributed by atoms with Crippen LogP contribution in [0.4, 0.5) is 5.69 Å². The first-order valence-electron chi connectivity index (χ1n) is 8.72. The van der Waals surface area contributed by atoms with Crippen molar-refractivity contribution in [2.24, 2.45) is 5.92 Å². The summed E-state index contributed by atoms with van der Waals surface area (Å²) in [5, 5.41) is 6.18. The number of carbonyl (C=O) groups is 2. The molecule has 1 fully saturated rings. The van der Waals surface area contributed by atoms with Crippen LogP contribution in [-0.2, 0) is 16.1 Å². The Morgan fingerprint density at radius 3 is 2.85 bits per heavy atom. The number of aromatic nitrogens is 2. The van der Waals surface area contributed by atoms with Gasteiger partial charge in [0, 0.05) is 63.1 Å². The number of pyridine rings is 2. The molecule has 1 saturated heterocycles. The molecule has 0 spiro atoms. The van der Waals surface area contributed by atoms with Crippen LogP contribution in [0.15, 0.2) is 43.0 Å². The second-order valence-corrected chi connectivity index (χ2v) is 6.44. The zero-order valence-electron chi connectivity index (χ0n) is 14.8. The maximum absolute atomic E-state index is 12.3. The number of aryl methyl sites for hydroxylation is 1. The van der Waals surface area contributed by atoms with Gasteiger partial charge in [0.1, 0.15) is 0 Å². The zero-order chi connectivity index (χ0) is 18.4. The summed E-state index contributed by atoms with van der Waals surface area (Å²) >= 11 is 0. The fourth-order valence-electron chi connectivity index (χ4n) is 3.01. The van der Waals surface area contributed by atoms with Gasteiger partial charge in [-0.15, -0.1) is 0 Å². The van der Waals surface area contributed by atoms with E-state index in [1.54, 1.807) is 29.7 Å². The van der Waals surface area contributed by atoms with Gasteiger partial charge < -0.3 is 15.5 Å². The molecule has 0 saturated carbocycles. The molecule has 0 unspecified atom stereocenters. The number of hydrogen-bond acceptors (Lipinski definition) is 5. The molecule has 1 atom stereocenters. The van der Waals surface area contributed by atoms with Gasteiger partial charge in [-0.1, -0.05) is 6.07 Å². The second-order valence-electron chi connectivity index (χ2n) is 6.44. The second kappa shape index (κ2) is 8.42. The predicted octanol–water partition coefficient (Wildman–Crippen LogP) is 1.36. The van der Waals surface area contributed by atoms with Crippen molar-refractivity contribution in [3.63, 3.8) is 0 Å². The van der Waals surface area contributed by atoms with Gasteiger partial charge >= 0.3 is 0 Å². The highest BCUT2D eigenvalue weighted by molar-refractivity contribution is 5.89. The van der Waals surface area contributed by atoms with Crippen molar-refractivity contribution in [2.75, 3.05) is 25.0 Å².